The average molecular weight is 146 g/mol. The molecule has 0 saturated carbocycles. The van der Waals surface area contributed by atoms with Crippen LogP contribution in [0.4, 0.5) is 0 Å². The molecule has 0 radical (unpaired) electrons. The minimum atomic E-state index is 0.134. The highest BCUT2D eigenvalue weighted by atomic mass is 16.5. The van der Waals surface area contributed by atoms with Gasteiger partial charge in [-0.3, -0.25) is 5.84 Å². The van der Waals surface area contributed by atoms with Crippen LogP contribution in [-0.2, 0) is 9.47 Å². The molecule has 1 fully saturated rings. The third-order valence-corrected chi connectivity index (χ3v) is 1.85. The lowest BCUT2D eigenvalue weighted by molar-refractivity contribution is -0.00461. The molecule has 0 bridgehead atoms. The Morgan fingerprint density at radius 2 is 1.60 bits per heavy atom. The van der Waals surface area contributed by atoms with Crippen LogP contribution in [0.1, 0.15) is 0 Å². The summed E-state index contributed by atoms with van der Waals surface area (Å²) in [5.74, 6) is 5.54. The van der Waals surface area contributed by atoms with E-state index in [0.29, 0.717) is 0 Å². The predicted molar refractivity (Wildman–Crippen MR) is 37.4 cm³/mol. The Morgan fingerprint density at radius 3 is 1.90 bits per heavy atom. The third kappa shape index (κ3) is 1.46. The van der Waals surface area contributed by atoms with E-state index in [4.69, 9.17) is 15.3 Å². The molecule has 1 rings (SSSR count). The molecule has 10 heavy (non-hydrogen) atoms. The van der Waals surface area contributed by atoms with Crippen LogP contribution in [0.2, 0.25) is 0 Å². The van der Waals surface area contributed by atoms with Crippen LogP contribution in [0.15, 0.2) is 0 Å². The van der Waals surface area contributed by atoms with Gasteiger partial charge in [0.15, 0.2) is 0 Å². The first-order chi connectivity index (χ1) is 4.77. The number of ether oxygens (including phenoxy) is 2. The average Bonchev–Trinajstić information content (AvgIpc) is 2.30. The first-order valence-electron chi connectivity index (χ1n) is 3.33. The molecule has 4 heteroatoms. The van der Waals surface area contributed by atoms with Gasteiger partial charge in [0, 0.05) is 27.3 Å². The normalized spacial score (nSPS) is 35.1. The summed E-state index contributed by atoms with van der Waals surface area (Å²) in [6, 6.07) is 0. The fraction of sp³-hybridized carbons (Fsp3) is 1.00. The van der Waals surface area contributed by atoms with Crippen molar-refractivity contribution in [1.82, 2.24) is 5.01 Å². The van der Waals surface area contributed by atoms with Crippen molar-refractivity contribution in [3.05, 3.63) is 0 Å². The van der Waals surface area contributed by atoms with Gasteiger partial charge < -0.3 is 9.47 Å². The molecule has 1 aliphatic rings. The highest BCUT2D eigenvalue weighted by Crippen LogP contribution is 2.11. The second-order valence-electron chi connectivity index (χ2n) is 2.50. The summed E-state index contributed by atoms with van der Waals surface area (Å²) in [6.07, 6.45) is 0.269. The molecule has 1 aliphatic heterocycles. The molecular weight excluding hydrogens is 132 g/mol. The Morgan fingerprint density at radius 1 is 1.20 bits per heavy atom. The van der Waals surface area contributed by atoms with E-state index in [0.717, 1.165) is 13.1 Å². The lowest BCUT2D eigenvalue weighted by Gasteiger charge is -2.13. The Bertz CT molecular complexity index is 97.9. The Labute approximate surface area is 60.9 Å². The van der Waals surface area contributed by atoms with Crippen molar-refractivity contribution in [2.75, 3.05) is 27.3 Å². The summed E-state index contributed by atoms with van der Waals surface area (Å²) in [7, 11) is 3.35. The first kappa shape index (κ1) is 7.94. The van der Waals surface area contributed by atoms with Gasteiger partial charge in [0.2, 0.25) is 0 Å². The quantitative estimate of drug-likeness (QED) is 0.518. The SMILES string of the molecule is COC1CN(N)CC1OC. The zero-order valence-electron chi connectivity index (χ0n) is 6.41. The number of nitrogens with two attached hydrogens (primary N) is 1. The van der Waals surface area contributed by atoms with E-state index in [1.54, 1.807) is 19.2 Å². The fourth-order valence-corrected chi connectivity index (χ4v) is 1.22. The van der Waals surface area contributed by atoms with E-state index in [1.807, 2.05) is 0 Å². The minimum Gasteiger partial charge on any atom is -0.377 e. The lowest BCUT2D eigenvalue weighted by Crippen LogP contribution is -2.29. The van der Waals surface area contributed by atoms with Crippen LogP contribution in [0.5, 0.6) is 0 Å². The minimum absolute atomic E-state index is 0.134. The molecule has 2 N–H and O–H groups in total. The van der Waals surface area contributed by atoms with Gasteiger partial charge in [0.05, 0.1) is 12.2 Å². The molecule has 0 spiro atoms. The van der Waals surface area contributed by atoms with E-state index in [-0.39, 0.29) is 12.2 Å². The van der Waals surface area contributed by atoms with Gasteiger partial charge >= 0.3 is 0 Å². The van der Waals surface area contributed by atoms with E-state index in [2.05, 4.69) is 0 Å². The van der Waals surface area contributed by atoms with Crippen LogP contribution in [0.3, 0.4) is 0 Å². The zero-order valence-corrected chi connectivity index (χ0v) is 6.41. The van der Waals surface area contributed by atoms with E-state index in [9.17, 15) is 0 Å². The Kier molecular flexibility index (Phi) is 2.62. The molecule has 60 valence electrons. The van der Waals surface area contributed by atoms with Crippen molar-refractivity contribution in [2.45, 2.75) is 12.2 Å². The summed E-state index contributed by atoms with van der Waals surface area (Å²) in [5, 5.41) is 1.71. The number of nitrogens with zero attached hydrogens (tertiary/aromatic N) is 1. The standard InChI is InChI=1S/C6H14N2O2/c1-9-5-3-8(7)4-6(5)10-2/h5-6H,3-4,7H2,1-2H3. The highest BCUT2D eigenvalue weighted by molar-refractivity contribution is 4.82. The van der Waals surface area contributed by atoms with Crippen molar-refractivity contribution >= 4 is 0 Å². The number of hydrazine groups is 1. The van der Waals surface area contributed by atoms with E-state index in [1.165, 1.54) is 0 Å². The Balaban J connectivity index is 2.41. The van der Waals surface area contributed by atoms with Gasteiger partial charge in [-0.25, -0.2) is 5.01 Å². The fourth-order valence-electron chi connectivity index (χ4n) is 1.22. The molecule has 2 unspecified atom stereocenters. The lowest BCUT2D eigenvalue weighted by atomic mass is 10.3. The van der Waals surface area contributed by atoms with Crippen LogP contribution >= 0.6 is 0 Å². The molecular formula is C6H14N2O2. The summed E-state index contributed by atoms with van der Waals surface area (Å²) in [5.41, 5.74) is 0. The van der Waals surface area contributed by atoms with Crippen molar-refractivity contribution in [1.29, 1.82) is 0 Å². The second-order valence-corrected chi connectivity index (χ2v) is 2.50. The van der Waals surface area contributed by atoms with Crippen molar-refractivity contribution in [2.24, 2.45) is 5.84 Å². The number of methoxy groups -OCH3 is 2. The van der Waals surface area contributed by atoms with Crippen LogP contribution < -0.4 is 5.84 Å². The predicted octanol–water partition coefficient (Wildman–Crippen LogP) is -0.794. The maximum Gasteiger partial charge on any atom is 0.0986 e. The molecule has 1 saturated heterocycles. The van der Waals surface area contributed by atoms with Crippen LogP contribution in [0.25, 0.3) is 0 Å². The molecule has 0 aromatic heterocycles. The van der Waals surface area contributed by atoms with Crippen LogP contribution in [-0.4, -0.2) is 44.5 Å². The highest BCUT2D eigenvalue weighted by Gasteiger charge is 2.30. The van der Waals surface area contributed by atoms with Gasteiger partial charge in [-0.2, -0.15) is 0 Å². The Hall–Kier alpha value is -0.160. The molecule has 4 nitrogen and oxygen atoms in total. The first-order valence-corrected chi connectivity index (χ1v) is 3.33. The molecule has 0 amide bonds. The van der Waals surface area contributed by atoms with Gasteiger partial charge in [0.1, 0.15) is 0 Å². The number of hydrogen-bond acceptors (Lipinski definition) is 4. The second kappa shape index (κ2) is 3.30. The van der Waals surface area contributed by atoms with Gasteiger partial charge in [-0.1, -0.05) is 0 Å². The monoisotopic (exact) mass is 146 g/mol. The topological polar surface area (TPSA) is 47.7 Å². The van der Waals surface area contributed by atoms with Crippen molar-refractivity contribution in [3.63, 3.8) is 0 Å². The van der Waals surface area contributed by atoms with E-state index >= 15 is 0 Å². The molecule has 0 aromatic rings. The van der Waals surface area contributed by atoms with Gasteiger partial charge in [0.25, 0.3) is 0 Å². The van der Waals surface area contributed by atoms with Crippen LogP contribution in [0, 0.1) is 0 Å². The summed E-state index contributed by atoms with van der Waals surface area (Å²) in [4.78, 5) is 0. The van der Waals surface area contributed by atoms with Gasteiger partial charge in [-0.05, 0) is 0 Å². The van der Waals surface area contributed by atoms with Crippen molar-refractivity contribution in [3.8, 4) is 0 Å². The van der Waals surface area contributed by atoms with E-state index < -0.39 is 0 Å². The maximum absolute atomic E-state index is 5.54. The molecule has 2 atom stereocenters. The summed E-state index contributed by atoms with van der Waals surface area (Å²) in [6.45, 7) is 1.52. The summed E-state index contributed by atoms with van der Waals surface area (Å²) < 4.78 is 10.3. The van der Waals surface area contributed by atoms with Gasteiger partial charge in [-0.15, -0.1) is 0 Å². The third-order valence-electron chi connectivity index (χ3n) is 1.85. The molecule has 0 aliphatic carbocycles. The molecule has 1 heterocycles. The smallest absolute Gasteiger partial charge is 0.0986 e. The largest absolute Gasteiger partial charge is 0.377 e. The number of rotatable bonds is 2. The number of hydrogen-bond donors (Lipinski definition) is 1. The summed E-state index contributed by atoms with van der Waals surface area (Å²) >= 11 is 0. The maximum atomic E-state index is 5.54. The molecule has 0 aromatic carbocycles. The van der Waals surface area contributed by atoms with Crippen molar-refractivity contribution < 1.29 is 9.47 Å². The zero-order chi connectivity index (χ0) is 7.56.